The molecule has 0 saturated carbocycles. The first-order valence-electron chi connectivity index (χ1n) is 7.86. The quantitative estimate of drug-likeness (QED) is 0.770. The van der Waals surface area contributed by atoms with E-state index in [1.54, 1.807) is 6.07 Å². The number of rotatable bonds is 4. The van der Waals surface area contributed by atoms with E-state index in [-0.39, 0.29) is 5.91 Å². The van der Waals surface area contributed by atoms with Gasteiger partial charge in [0, 0.05) is 33.8 Å². The number of carbonyl (C=O) groups is 1. The van der Waals surface area contributed by atoms with E-state index in [0.717, 1.165) is 23.7 Å². The molecule has 1 amide bonds. The molecule has 2 unspecified atom stereocenters. The third-order valence-corrected chi connectivity index (χ3v) is 6.57. The molecular formula is C17H21Cl2NOS. The molecule has 2 fully saturated rings. The number of hydrogen-bond acceptors (Lipinski definition) is 2. The number of fused-ring (bicyclic) bond motifs is 2. The van der Waals surface area contributed by atoms with Crippen LogP contribution < -0.4 is 0 Å². The van der Waals surface area contributed by atoms with Gasteiger partial charge in [0.2, 0.25) is 5.91 Å². The van der Waals surface area contributed by atoms with Gasteiger partial charge in [0.25, 0.3) is 0 Å². The number of halogens is 2. The minimum atomic E-state index is 0.290. The second-order valence-electron chi connectivity index (χ2n) is 6.25. The number of piperidine rings is 1. The van der Waals surface area contributed by atoms with Gasteiger partial charge in [-0.1, -0.05) is 29.3 Å². The van der Waals surface area contributed by atoms with Crippen molar-refractivity contribution in [2.75, 3.05) is 6.26 Å². The summed E-state index contributed by atoms with van der Waals surface area (Å²) in [6.07, 6.45) is 8.08. The Balaban J connectivity index is 1.61. The van der Waals surface area contributed by atoms with E-state index in [1.165, 1.54) is 12.8 Å². The van der Waals surface area contributed by atoms with Crippen LogP contribution in [-0.2, 0) is 11.2 Å². The van der Waals surface area contributed by atoms with Crippen LogP contribution in [0.4, 0.5) is 0 Å². The Morgan fingerprint density at radius 2 is 1.95 bits per heavy atom. The third kappa shape index (κ3) is 3.42. The van der Waals surface area contributed by atoms with Crippen LogP contribution in [0.3, 0.4) is 0 Å². The Hall–Kier alpha value is -0.380. The Kier molecular flexibility index (Phi) is 5.26. The van der Waals surface area contributed by atoms with E-state index < -0.39 is 0 Å². The average molecular weight is 358 g/mol. The van der Waals surface area contributed by atoms with Crippen LogP contribution in [0.1, 0.15) is 37.7 Å². The van der Waals surface area contributed by atoms with Crippen LogP contribution >= 0.6 is 35.0 Å². The highest BCUT2D eigenvalue weighted by Gasteiger charge is 2.42. The SMILES string of the molecule is CSC1CC2CCC(C1)N2C(=O)CCc1ccc(Cl)cc1Cl. The van der Waals surface area contributed by atoms with Crippen LogP contribution in [0.25, 0.3) is 0 Å². The van der Waals surface area contributed by atoms with Crippen LogP contribution in [0.15, 0.2) is 18.2 Å². The molecular weight excluding hydrogens is 337 g/mol. The van der Waals surface area contributed by atoms with E-state index in [1.807, 2.05) is 23.9 Å². The summed E-state index contributed by atoms with van der Waals surface area (Å²) in [7, 11) is 0. The highest BCUT2D eigenvalue weighted by Crippen LogP contribution is 2.40. The molecule has 0 spiro atoms. The molecule has 5 heteroatoms. The summed E-state index contributed by atoms with van der Waals surface area (Å²) in [5, 5.41) is 2.02. The molecule has 0 aromatic heterocycles. The minimum Gasteiger partial charge on any atom is -0.337 e. The van der Waals surface area contributed by atoms with Crippen molar-refractivity contribution in [3.05, 3.63) is 33.8 Å². The molecule has 2 nitrogen and oxygen atoms in total. The van der Waals surface area contributed by atoms with Crippen LogP contribution in [-0.4, -0.2) is 34.4 Å². The maximum Gasteiger partial charge on any atom is 0.223 e. The maximum atomic E-state index is 12.7. The second kappa shape index (κ2) is 7.02. The molecule has 3 rings (SSSR count). The summed E-state index contributed by atoms with van der Waals surface area (Å²) in [6, 6.07) is 6.43. The van der Waals surface area contributed by atoms with Crippen molar-refractivity contribution < 1.29 is 4.79 Å². The van der Waals surface area contributed by atoms with E-state index in [0.29, 0.717) is 35.0 Å². The first-order chi connectivity index (χ1) is 10.6. The van der Waals surface area contributed by atoms with Crippen molar-refractivity contribution in [3.8, 4) is 0 Å². The largest absolute Gasteiger partial charge is 0.337 e. The minimum absolute atomic E-state index is 0.290. The molecule has 1 aromatic carbocycles. The molecule has 2 atom stereocenters. The van der Waals surface area contributed by atoms with Crippen LogP contribution in [0, 0.1) is 0 Å². The fourth-order valence-electron chi connectivity index (χ4n) is 3.82. The van der Waals surface area contributed by atoms with E-state index in [4.69, 9.17) is 23.2 Å². The highest BCUT2D eigenvalue weighted by atomic mass is 35.5. The van der Waals surface area contributed by atoms with E-state index >= 15 is 0 Å². The second-order valence-corrected chi connectivity index (χ2v) is 8.23. The standard InChI is InChI=1S/C17H21Cl2NOS/c1-22-15-9-13-5-6-14(10-15)20(13)17(21)7-3-11-2-4-12(18)8-16(11)19/h2,4,8,13-15H,3,5-7,9-10H2,1H3. The van der Waals surface area contributed by atoms with E-state index in [2.05, 4.69) is 11.2 Å². The van der Waals surface area contributed by atoms with Crippen LogP contribution in [0.5, 0.6) is 0 Å². The highest BCUT2D eigenvalue weighted by molar-refractivity contribution is 7.99. The number of hydrogen-bond donors (Lipinski definition) is 0. The van der Waals surface area contributed by atoms with Crippen molar-refractivity contribution in [1.82, 2.24) is 4.90 Å². The number of benzene rings is 1. The summed E-state index contributed by atoms with van der Waals surface area (Å²) in [6.45, 7) is 0. The lowest BCUT2D eigenvalue weighted by Crippen LogP contribution is -2.47. The molecule has 2 bridgehead atoms. The lowest BCUT2D eigenvalue weighted by molar-refractivity contribution is -0.135. The van der Waals surface area contributed by atoms with Gasteiger partial charge in [0.15, 0.2) is 0 Å². The Morgan fingerprint density at radius 1 is 1.27 bits per heavy atom. The first-order valence-corrected chi connectivity index (χ1v) is 9.90. The zero-order valence-electron chi connectivity index (χ0n) is 12.7. The number of amides is 1. The van der Waals surface area contributed by atoms with Gasteiger partial charge in [-0.3, -0.25) is 4.79 Å². The molecule has 2 heterocycles. The summed E-state index contributed by atoms with van der Waals surface area (Å²) >= 11 is 14.1. The topological polar surface area (TPSA) is 20.3 Å². The molecule has 2 aliphatic rings. The third-order valence-electron chi connectivity index (χ3n) is 4.93. The molecule has 2 saturated heterocycles. The fourth-order valence-corrected chi connectivity index (χ4v) is 5.15. The van der Waals surface area contributed by atoms with Crippen molar-refractivity contribution in [1.29, 1.82) is 0 Å². The van der Waals surface area contributed by atoms with Gasteiger partial charge in [-0.05, 0) is 56.1 Å². The summed E-state index contributed by atoms with van der Waals surface area (Å²) in [5.74, 6) is 0.290. The number of nitrogens with zero attached hydrogens (tertiary/aromatic N) is 1. The summed E-state index contributed by atoms with van der Waals surface area (Å²) in [4.78, 5) is 14.8. The van der Waals surface area contributed by atoms with Gasteiger partial charge in [-0.15, -0.1) is 0 Å². The zero-order chi connectivity index (χ0) is 15.7. The number of carbonyl (C=O) groups excluding carboxylic acids is 1. The molecule has 0 radical (unpaired) electrons. The number of thioether (sulfide) groups is 1. The molecule has 120 valence electrons. The van der Waals surface area contributed by atoms with Crippen molar-refractivity contribution in [3.63, 3.8) is 0 Å². The lowest BCUT2D eigenvalue weighted by atomic mass is 10.0. The molecule has 0 aliphatic carbocycles. The number of aryl methyl sites for hydroxylation is 1. The normalized spacial score (nSPS) is 27.2. The van der Waals surface area contributed by atoms with Crippen molar-refractivity contribution in [2.45, 2.75) is 55.9 Å². The zero-order valence-corrected chi connectivity index (χ0v) is 15.1. The molecule has 1 aromatic rings. The van der Waals surface area contributed by atoms with Crippen molar-refractivity contribution >= 4 is 40.9 Å². The van der Waals surface area contributed by atoms with Gasteiger partial charge in [0.05, 0.1) is 0 Å². The first kappa shape index (κ1) is 16.5. The van der Waals surface area contributed by atoms with Gasteiger partial charge in [-0.2, -0.15) is 11.8 Å². The van der Waals surface area contributed by atoms with Crippen molar-refractivity contribution in [2.24, 2.45) is 0 Å². The molecule has 22 heavy (non-hydrogen) atoms. The van der Waals surface area contributed by atoms with Gasteiger partial charge in [0.1, 0.15) is 0 Å². The monoisotopic (exact) mass is 357 g/mol. The Morgan fingerprint density at radius 3 is 2.55 bits per heavy atom. The molecule has 0 N–H and O–H groups in total. The van der Waals surface area contributed by atoms with Crippen LogP contribution in [0.2, 0.25) is 10.0 Å². The Labute approximate surface area is 146 Å². The lowest BCUT2D eigenvalue weighted by Gasteiger charge is -2.38. The fraction of sp³-hybridized carbons (Fsp3) is 0.588. The van der Waals surface area contributed by atoms with Gasteiger partial charge in [-0.25, -0.2) is 0 Å². The average Bonchev–Trinajstić information content (AvgIpc) is 2.76. The van der Waals surface area contributed by atoms with E-state index in [9.17, 15) is 4.79 Å². The summed E-state index contributed by atoms with van der Waals surface area (Å²) in [5.41, 5.74) is 1.01. The molecule has 2 aliphatic heterocycles. The Bertz CT molecular complexity index is 552. The predicted molar refractivity (Wildman–Crippen MR) is 95.0 cm³/mol. The van der Waals surface area contributed by atoms with Gasteiger partial charge < -0.3 is 4.90 Å². The predicted octanol–water partition coefficient (Wildman–Crippen LogP) is 4.81. The maximum absolute atomic E-state index is 12.7. The smallest absolute Gasteiger partial charge is 0.223 e. The van der Waals surface area contributed by atoms with Gasteiger partial charge >= 0.3 is 0 Å². The summed E-state index contributed by atoms with van der Waals surface area (Å²) < 4.78 is 0.